The van der Waals surface area contributed by atoms with Gasteiger partial charge in [0.2, 0.25) is 0 Å². The molecule has 0 saturated heterocycles. The lowest BCUT2D eigenvalue weighted by Crippen LogP contribution is -2.19. The summed E-state index contributed by atoms with van der Waals surface area (Å²) in [5, 5.41) is 4.78. The zero-order valence-electron chi connectivity index (χ0n) is 12.8. The van der Waals surface area contributed by atoms with Gasteiger partial charge in [-0.1, -0.05) is 39.8 Å². The first kappa shape index (κ1) is 15.8. The van der Waals surface area contributed by atoms with Gasteiger partial charge < -0.3 is 9.73 Å². The molecule has 0 fully saturated rings. The highest BCUT2D eigenvalue weighted by Crippen LogP contribution is 2.31. The van der Waals surface area contributed by atoms with Crippen LogP contribution >= 0.6 is 22.6 Å². The van der Waals surface area contributed by atoms with E-state index in [1.807, 2.05) is 0 Å². The summed E-state index contributed by atoms with van der Waals surface area (Å²) in [5.41, 5.74) is 2.43. The fraction of sp³-hybridized carbons (Fsp3) is 0.529. The van der Waals surface area contributed by atoms with Gasteiger partial charge in [0.05, 0.1) is 10.1 Å². The first-order valence-electron chi connectivity index (χ1n) is 7.38. The Hall–Kier alpha value is -0.550. The van der Waals surface area contributed by atoms with E-state index in [1.54, 1.807) is 0 Å². The van der Waals surface area contributed by atoms with Crippen LogP contribution in [0.2, 0.25) is 0 Å². The van der Waals surface area contributed by atoms with E-state index in [-0.39, 0.29) is 0 Å². The normalized spacial score (nSPS) is 11.9. The first-order chi connectivity index (χ1) is 9.49. The van der Waals surface area contributed by atoms with Crippen molar-refractivity contribution in [2.45, 2.75) is 40.7 Å². The molecule has 0 spiro atoms. The number of hydrogen-bond acceptors (Lipinski definition) is 2. The van der Waals surface area contributed by atoms with Crippen molar-refractivity contribution in [2.24, 2.45) is 11.8 Å². The minimum absolute atomic E-state index is 0.637. The lowest BCUT2D eigenvalue weighted by atomic mass is 10.00. The fourth-order valence-electron chi connectivity index (χ4n) is 2.43. The maximum atomic E-state index is 6.14. The topological polar surface area (TPSA) is 25.2 Å². The highest BCUT2D eigenvalue weighted by atomic mass is 127. The summed E-state index contributed by atoms with van der Waals surface area (Å²) in [4.78, 5) is 0. The van der Waals surface area contributed by atoms with Crippen LogP contribution in [-0.2, 0) is 13.0 Å². The van der Waals surface area contributed by atoms with Crippen LogP contribution in [0.5, 0.6) is 0 Å². The largest absolute Gasteiger partial charge is 0.458 e. The molecular weight excluding hydrogens is 361 g/mol. The van der Waals surface area contributed by atoms with Crippen LogP contribution in [0.15, 0.2) is 22.6 Å². The average molecular weight is 385 g/mol. The number of para-hydroxylation sites is 1. The van der Waals surface area contributed by atoms with E-state index in [2.05, 4.69) is 73.8 Å². The molecule has 0 aliphatic carbocycles. The second-order valence-electron chi connectivity index (χ2n) is 6.24. The molecule has 1 N–H and O–H groups in total. The predicted molar refractivity (Wildman–Crippen MR) is 94.0 cm³/mol. The van der Waals surface area contributed by atoms with Gasteiger partial charge in [0.15, 0.2) is 0 Å². The third kappa shape index (κ3) is 3.76. The van der Waals surface area contributed by atoms with Crippen molar-refractivity contribution in [3.05, 3.63) is 33.1 Å². The number of rotatable bonds is 6. The first-order valence-corrected chi connectivity index (χ1v) is 8.46. The SMILES string of the molecule is CC(C)CNCc1oc2c(I)cccc2c1CC(C)C. The van der Waals surface area contributed by atoms with Gasteiger partial charge in [-0.15, -0.1) is 0 Å². The van der Waals surface area contributed by atoms with Crippen LogP contribution in [0.4, 0.5) is 0 Å². The molecule has 0 saturated carbocycles. The van der Waals surface area contributed by atoms with E-state index in [0.717, 1.165) is 30.9 Å². The third-order valence-electron chi connectivity index (χ3n) is 3.30. The second kappa shape index (κ2) is 6.94. The maximum absolute atomic E-state index is 6.14. The Kier molecular flexibility index (Phi) is 5.49. The van der Waals surface area contributed by atoms with Gasteiger partial charge in [-0.2, -0.15) is 0 Å². The van der Waals surface area contributed by atoms with Crippen LogP contribution in [0, 0.1) is 15.4 Å². The Morgan fingerprint density at radius 2 is 1.90 bits per heavy atom. The second-order valence-corrected chi connectivity index (χ2v) is 7.41. The lowest BCUT2D eigenvalue weighted by Gasteiger charge is -2.09. The number of hydrogen-bond donors (Lipinski definition) is 1. The van der Waals surface area contributed by atoms with Crippen molar-refractivity contribution in [1.82, 2.24) is 5.32 Å². The van der Waals surface area contributed by atoms with Gasteiger partial charge in [0, 0.05) is 10.9 Å². The molecule has 3 heteroatoms. The molecule has 0 bridgehead atoms. The van der Waals surface area contributed by atoms with Crippen LogP contribution in [0.25, 0.3) is 11.0 Å². The standard InChI is InChI=1S/C17H24INO/c1-11(2)8-14-13-6-5-7-15(18)17(13)20-16(14)10-19-9-12(3)4/h5-7,11-12,19H,8-10H2,1-4H3. The molecule has 0 aliphatic heterocycles. The molecule has 0 aliphatic rings. The quantitative estimate of drug-likeness (QED) is 0.710. The summed E-state index contributed by atoms with van der Waals surface area (Å²) in [6, 6.07) is 6.41. The average Bonchev–Trinajstić information content (AvgIpc) is 2.69. The molecule has 2 rings (SSSR count). The highest BCUT2D eigenvalue weighted by molar-refractivity contribution is 14.1. The smallest absolute Gasteiger partial charge is 0.147 e. The predicted octanol–water partition coefficient (Wildman–Crippen LogP) is 4.98. The van der Waals surface area contributed by atoms with Gasteiger partial charge in [-0.3, -0.25) is 0 Å². The van der Waals surface area contributed by atoms with Crippen molar-refractivity contribution in [2.75, 3.05) is 6.54 Å². The van der Waals surface area contributed by atoms with Crippen LogP contribution in [0.3, 0.4) is 0 Å². The van der Waals surface area contributed by atoms with E-state index in [1.165, 1.54) is 14.5 Å². The molecule has 1 aromatic carbocycles. The summed E-state index contributed by atoms with van der Waals surface area (Å²) < 4.78 is 7.34. The summed E-state index contributed by atoms with van der Waals surface area (Å²) in [7, 11) is 0. The molecule has 0 unspecified atom stereocenters. The molecule has 2 aromatic rings. The number of halogens is 1. The summed E-state index contributed by atoms with van der Waals surface area (Å²) >= 11 is 2.36. The molecule has 1 aromatic heterocycles. The molecule has 110 valence electrons. The molecule has 0 radical (unpaired) electrons. The Bertz CT molecular complexity index is 572. The zero-order chi connectivity index (χ0) is 14.7. The summed E-state index contributed by atoms with van der Waals surface area (Å²) in [5.74, 6) is 2.41. The van der Waals surface area contributed by atoms with E-state index in [4.69, 9.17) is 4.42 Å². The number of nitrogens with one attached hydrogen (secondary N) is 1. The zero-order valence-corrected chi connectivity index (χ0v) is 15.0. The Labute approximate surface area is 135 Å². The Balaban J connectivity index is 2.33. The molecule has 2 nitrogen and oxygen atoms in total. The Morgan fingerprint density at radius 3 is 2.55 bits per heavy atom. The Morgan fingerprint density at radius 1 is 1.15 bits per heavy atom. The van der Waals surface area contributed by atoms with E-state index in [0.29, 0.717) is 11.8 Å². The van der Waals surface area contributed by atoms with Crippen molar-refractivity contribution < 1.29 is 4.42 Å². The van der Waals surface area contributed by atoms with Crippen molar-refractivity contribution >= 4 is 33.6 Å². The van der Waals surface area contributed by atoms with Crippen molar-refractivity contribution in [1.29, 1.82) is 0 Å². The van der Waals surface area contributed by atoms with E-state index < -0.39 is 0 Å². The molecule has 0 amide bonds. The van der Waals surface area contributed by atoms with E-state index in [9.17, 15) is 0 Å². The molecule has 0 atom stereocenters. The van der Waals surface area contributed by atoms with Gasteiger partial charge in [-0.05, 0) is 53.5 Å². The molecule has 1 heterocycles. The summed E-state index contributed by atoms with van der Waals surface area (Å²) in [6.45, 7) is 10.8. The lowest BCUT2D eigenvalue weighted by molar-refractivity contribution is 0.476. The number of furan rings is 1. The third-order valence-corrected chi connectivity index (χ3v) is 4.15. The van der Waals surface area contributed by atoms with Gasteiger partial charge >= 0.3 is 0 Å². The van der Waals surface area contributed by atoms with E-state index >= 15 is 0 Å². The molecular formula is C17H24INO. The van der Waals surface area contributed by atoms with Crippen LogP contribution in [0.1, 0.15) is 39.0 Å². The van der Waals surface area contributed by atoms with Gasteiger partial charge in [0.25, 0.3) is 0 Å². The maximum Gasteiger partial charge on any atom is 0.147 e. The fourth-order valence-corrected chi connectivity index (χ4v) is 3.04. The van der Waals surface area contributed by atoms with Crippen LogP contribution < -0.4 is 5.32 Å². The number of fused-ring (bicyclic) bond motifs is 1. The van der Waals surface area contributed by atoms with Gasteiger partial charge in [-0.25, -0.2) is 0 Å². The minimum atomic E-state index is 0.637. The minimum Gasteiger partial charge on any atom is -0.458 e. The van der Waals surface area contributed by atoms with Crippen molar-refractivity contribution in [3.8, 4) is 0 Å². The summed E-state index contributed by atoms with van der Waals surface area (Å²) in [6.07, 6.45) is 1.08. The molecule has 20 heavy (non-hydrogen) atoms. The van der Waals surface area contributed by atoms with Crippen LogP contribution in [-0.4, -0.2) is 6.54 Å². The van der Waals surface area contributed by atoms with Crippen molar-refractivity contribution in [3.63, 3.8) is 0 Å². The highest BCUT2D eigenvalue weighted by Gasteiger charge is 2.16. The number of benzene rings is 1. The monoisotopic (exact) mass is 385 g/mol. The van der Waals surface area contributed by atoms with Gasteiger partial charge in [0.1, 0.15) is 11.3 Å².